The third-order valence-corrected chi connectivity index (χ3v) is 10.5. The zero-order valence-corrected chi connectivity index (χ0v) is 40.7. The number of methoxy groups -OCH3 is 1. The predicted molar refractivity (Wildman–Crippen MR) is 258 cm³/mol. The van der Waals surface area contributed by atoms with Gasteiger partial charge in [-0.1, -0.05) is 42.3 Å². The second-order valence-electron chi connectivity index (χ2n) is 15.1. The summed E-state index contributed by atoms with van der Waals surface area (Å²) >= 11 is 11.6. The van der Waals surface area contributed by atoms with E-state index in [1.807, 2.05) is 25.1 Å². The van der Waals surface area contributed by atoms with E-state index in [-0.39, 0.29) is 23.2 Å². The van der Waals surface area contributed by atoms with Crippen LogP contribution in [-0.4, -0.2) is 73.1 Å². The smallest absolute Gasteiger partial charge is 0.431 e. The maximum atomic E-state index is 13.5. The molecule has 4 aromatic carbocycles. The number of carboxylic acids is 2. The van der Waals surface area contributed by atoms with Gasteiger partial charge in [0.25, 0.3) is 11.4 Å². The number of pyridine rings is 2. The summed E-state index contributed by atoms with van der Waals surface area (Å²) in [5.41, 5.74) is -1.24. The Morgan fingerprint density at radius 1 is 0.795 bits per heavy atom. The number of fused-ring (bicyclic) bond motifs is 1. The van der Waals surface area contributed by atoms with E-state index in [2.05, 4.69) is 9.97 Å². The summed E-state index contributed by atoms with van der Waals surface area (Å²) in [5, 5.41) is 18.7. The molecule has 0 aliphatic carbocycles. The molecule has 0 amide bonds. The van der Waals surface area contributed by atoms with Crippen molar-refractivity contribution in [1.82, 2.24) is 19.1 Å². The predicted octanol–water partition coefficient (Wildman–Crippen LogP) is 9.51. The lowest BCUT2D eigenvalue weighted by atomic mass is 10.1. The molecule has 3 aromatic heterocycles. The van der Waals surface area contributed by atoms with Gasteiger partial charge in [0, 0.05) is 36.5 Å². The minimum Gasteiger partial charge on any atom is -0.489 e. The number of halogens is 6. The van der Waals surface area contributed by atoms with Gasteiger partial charge in [-0.2, -0.15) is 13.2 Å². The number of esters is 1. The molecular formula is C50H44Cl2F4N4O13. The van der Waals surface area contributed by atoms with Crippen molar-refractivity contribution in [3.63, 3.8) is 0 Å². The van der Waals surface area contributed by atoms with E-state index in [0.717, 1.165) is 30.5 Å². The molecule has 0 fully saturated rings. The van der Waals surface area contributed by atoms with Gasteiger partial charge in [-0.05, 0) is 111 Å². The Hall–Kier alpha value is -8.17. The third kappa shape index (κ3) is 15.4. The Kier molecular flexibility index (Phi) is 19.3. The van der Waals surface area contributed by atoms with Crippen molar-refractivity contribution in [2.24, 2.45) is 7.05 Å². The highest BCUT2D eigenvalue weighted by atomic mass is 35.5. The summed E-state index contributed by atoms with van der Waals surface area (Å²) in [4.78, 5) is 65.4. The fraction of sp³-hybridized carbons (Fsp3) is 0.220. The molecule has 0 aliphatic rings. The number of carbonyl (C=O) groups is 3. The van der Waals surface area contributed by atoms with Gasteiger partial charge in [-0.25, -0.2) is 33.1 Å². The minimum atomic E-state index is -4.84. The maximum Gasteiger partial charge on any atom is 0.431 e. The lowest BCUT2D eigenvalue weighted by molar-refractivity contribution is -0.148. The van der Waals surface area contributed by atoms with Crippen LogP contribution in [0, 0.1) is 5.82 Å². The molecule has 3 heterocycles. The van der Waals surface area contributed by atoms with Crippen molar-refractivity contribution in [3.8, 4) is 40.3 Å². The van der Waals surface area contributed by atoms with Crippen molar-refractivity contribution in [1.29, 1.82) is 0 Å². The first-order valence-corrected chi connectivity index (χ1v) is 22.2. The van der Waals surface area contributed by atoms with Crippen LogP contribution in [0.25, 0.3) is 16.6 Å². The number of aromatic nitrogens is 4. The van der Waals surface area contributed by atoms with Crippen LogP contribution in [0.4, 0.5) is 17.6 Å². The Balaban J connectivity index is 0.000000224. The van der Waals surface area contributed by atoms with Gasteiger partial charge >= 0.3 is 29.8 Å². The normalized spacial score (nSPS) is 11.7. The molecule has 0 saturated heterocycles. The molecule has 0 spiro atoms. The number of carbonyl (C=O) groups excluding carboxylic acids is 1. The van der Waals surface area contributed by atoms with Gasteiger partial charge in [0.05, 0.1) is 22.8 Å². The lowest BCUT2D eigenvalue weighted by Gasteiger charge is -2.17. The van der Waals surface area contributed by atoms with Crippen molar-refractivity contribution in [2.75, 3.05) is 13.7 Å². The van der Waals surface area contributed by atoms with Crippen LogP contribution >= 0.6 is 23.2 Å². The molecule has 17 nitrogen and oxygen atoms in total. The number of hydrogen-bond acceptors (Lipinski definition) is 13. The van der Waals surface area contributed by atoms with Crippen LogP contribution in [0.15, 0.2) is 125 Å². The second-order valence-corrected chi connectivity index (χ2v) is 16.0. The van der Waals surface area contributed by atoms with Crippen LogP contribution in [0.3, 0.4) is 0 Å². The topological polar surface area (TPSA) is 217 Å². The number of rotatable bonds is 16. The van der Waals surface area contributed by atoms with E-state index in [9.17, 15) is 41.5 Å². The molecule has 0 saturated carbocycles. The van der Waals surface area contributed by atoms with Crippen LogP contribution in [-0.2, 0) is 45.4 Å². The number of ether oxygens (including phenoxy) is 6. The van der Waals surface area contributed by atoms with Crippen molar-refractivity contribution in [3.05, 3.63) is 169 Å². The summed E-state index contributed by atoms with van der Waals surface area (Å²) < 4.78 is 85.5. The summed E-state index contributed by atoms with van der Waals surface area (Å²) in [6.07, 6.45) is -3.00. The summed E-state index contributed by atoms with van der Waals surface area (Å²) in [7, 11) is 2.22. The second kappa shape index (κ2) is 25.3. The molecule has 7 aromatic rings. The highest BCUT2D eigenvalue weighted by molar-refractivity contribution is 6.35. The highest BCUT2D eigenvalue weighted by Crippen LogP contribution is 2.31. The van der Waals surface area contributed by atoms with E-state index < -0.39 is 65.7 Å². The number of aliphatic carboxylic acids is 2. The Morgan fingerprint density at radius 2 is 1.47 bits per heavy atom. The zero-order chi connectivity index (χ0) is 53.6. The number of alkyl halides is 3. The minimum absolute atomic E-state index is 0.0779. The van der Waals surface area contributed by atoms with Gasteiger partial charge in [0.2, 0.25) is 0 Å². The highest BCUT2D eigenvalue weighted by Gasteiger charge is 2.35. The molecule has 23 heteroatoms. The molecule has 384 valence electrons. The molecule has 1 unspecified atom stereocenters. The van der Waals surface area contributed by atoms with Crippen molar-refractivity contribution in [2.45, 2.75) is 52.2 Å². The Bertz CT molecular complexity index is 3190. The Morgan fingerprint density at radius 3 is 2.08 bits per heavy atom. The van der Waals surface area contributed by atoms with Crippen LogP contribution in [0.1, 0.15) is 37.6 Å². The fourth-order valence-corrected chi connectivity index (χ4v) is 6.60. The molecule has 2 atom stereocenters. The van der Waals surface area contributed by atoms with Crippen LogP contribution < -0.4 is 34.9 Å². The number of aryl methyl sites for hydroxylation is 1. The van der Waals surface area contributed by atoms with E-state index in [4.69, 9.17) is 61.8 Å². The van der Waals surface area contributed by atoms with Crippen molar-refractivity contribution >= 4 is 52.0 Å². The van der Waals surface area contributed by atoms with E-state index in [1.165, 1.54) is 68.8 Å². The molecular weight excluding hydrogens is 1010 g/mol. The van der Waals surface area contributed by atoms with E-state index >= 15 is 0 Å². The maximum absolute atomic E-state index is 13.5. The summed E-state index contributed by atoms with van der Waals surface area (Å²) in [5.74, 6) is -1.55. The molecule has 2 N–H and O–H groups in total. The average Bonchev–Trinajstić information content (AvgIpc) is 3.36. The standard InChI is InChI=1S/C25H25F3N2O6.C14H11ClFNO4.C11H8ClNO3/c1-5-16-6-7-17(20(12-16)36-15(2)23(32)34-4)14-35-19-10-8-18(9-11-19)30-22(31)13-21(25(26,27)28)29(3)24(30)33;1-8(14(18)19)20-10-2-4-11(5-3-10)21-13-12(16)6-9(15)7-17-13;12-8-3-4-9(16-6-10(14)15)11-7(8)2-1-5-13-11/h6-13,15H,5,14H2,1-4H3;2-8H,1H3,(H,18,19);1-5H,6H2,(H,14,15)/t;8-;/m.1./s1. The first-order valence-electron chi connectivity index (χ1n) is 21.5. The number of carboxylic acid groups (broad SMARTS) is 2. The number of hydrogen-bond donors (Lipinski definition) is 2. The first kappa shape index (κ1) is 55.8. The Labute approximate surface area is 422 Å². The quantitative estimate of drug-likeness (QED) is 0.0680. The van der Waals surface area contributed by atoms with Crippen LogP contribution in [0.2, 0.25) is 10.0 Å². The van der Waals surface area contributed by atoms with Crippen LogP contribution in [0.5, 0.6) is 34.6 Å². The van der Waals surface area contributed by atoms with Gasteiger partial charge in [0.1, 0.15) is 46.6 Å². The van der Waals surface area contributed by atoms with Gasteiger partial charge in [-0.15, -0.1) is 0 Å². The molecule has 0 bridgehead atoms. The fourth-order valence-electron chi connectivity index (χ4n) is 6.24. The number of nitrogens with zero attached hydrogens (tertiary/aromatic N) is 4. The molecule has 73 heavy (non-hydrogen) atoms. The van der Waals surface area contributed by atoms with Gasteiger partial charge in [0.15, 0.2) is 24.6 Å². The summed E-state index contributed by atoms with van der Waals surface area (Å²) in [6.45, 7) is 4.65. The van der Waals surface area contributed by atoms with Gasteiger partial charge < -0.3 is 38.6 Å². The molecule has 0 aliphatic heterocycles. The SMILES string of the molecule is CCc1ccc(COc2ccc(-n3c(=O)cc(C(F)(F)F)n(C)c3=O)cc2)c(OC(C)C(=O)OC)c1.C[C@@H](Oc1ccc(Oc2ncc(Cl)cc2F)cc1)C(=O)O.O=C(O)COc1ccc(Cl)c2cccnc12. The largest absolute Gasteiger partial charge is 0.489 e. The first-order chi connectivity index (χ1) is 34.6. The van der Waals surface area contributed by atoms with Gasteiger partial charge in [-0.3, -0.25) is 14.3 Å². The summed E-state index contributed by atoms with van der Waals surface area (Å²) in [6, 6.07) is 25.6. The lowest BCUT2D eigenvalue weighted by Crippen LogP contribution is -2.40. The van der Waals surface area contributed by atoms with E-state index in [1.54, 1.807) is 37.4 Å². The third-order valence-electron chi connectivity index (χ3n) is 9.98. The van der Waals surface area contributed by atoms with E-state index in [0.29, 0.717) is 60.1 Å². The number of benzene rings is 4. The molecule has 7 rings (SSSR count). The monoisotopic (exact) mass is 1050 g/mol. The zero-order valence-electron chi connectivity index (χ0n) is 39.2. The van der Waals surface area contributed by atoms with Crippen molar-refractivity contribution < 1.29 is 70.6 Å². The molecule has 0 radical (unpaired) electrons. The average molecular weight is 1060 g/mol.